The molecular weight excluding hydrogens is 340 g/mol. The Morgan fingerprint density at radius 3 is 2.40 bits per heavy atom. The molecule has 25 heavy (non-hydrogen) atoms. The van der Waals surface area contributed by atoms with E-state index in [1.807, 2.05) is 30.4 Å². The fraction of sp³-hybridized carbons (Fsp3) is 0.421. The Hall–Kier alpha value is -2.14. The molecule has 0 radical (unpaired) electrons. The minimum Gasteiger partial charge on any atom is -0.352 e. The van der Waals surface area contributed by atoms with E-state index in [0.29, 0.717) is 37.4 Å². The number of halogens is 1. The molecule has 1 aromatic carbocycles. The Balaban J connectivity index is 1.43. The van der Waals surface area contributed by atoms with Crippen LogP contribution in [-0.2, 0) is 20.9 Å². The third-order valence-corrected chi connectivity index (χ3v) is 5.19. The highest BCUT2D eigenvalue weighted by Crippen LogP contribution is 2.35. The van der Waals surface area contributed by atoms with Crippen LogP contribution in [0.25, 0.3) is 0 Å². The molecule has 1 fully saturated rings. The lowest BCUT2D eigenvalue weighted by molar-refractivity contribution is -0.140. The summed E-state index contributed by atoms with van der Waals surface area (Å²) in [4.78, 5) is 38.0. The Labute approximate surface area is 152 Å². The molecule has 0 saturated carbocycles. The van der Waals surface area contributed by atoms with Crippen LogP contribution in [0.4, 0.5) is 0 Å². The summed E-state index contributed by atoms with van der Waals surface area (Å²) < 4.78 is 0. The van der Waals surface area contributed by atoms with Crippen molar-refractivity contribution in [3.63, 3.8) is 0 Å². The summed E-state index contributed by atoms with van der Waals surface area (Å²) in [5.74, 6) is -0.692. The van der Waals surface area contributed by atoms with Gasteiger partial charge in [-0.15, -0.1) is 0 Å². The van der Waals surface area contributed by atoms with E-state index in [1.165, 1.54) is 4.90 Å². The Morgan fingerprint density at radius 1 is 1.12 bits per heavy atom. The van der Waals surface area contributed by atoms with Gasteiger partial charge in [0.1, 0.15) is 0 Å². The van der Waals surface area contributed by atoms with Gasteiger partial charge in [-0.05, 0) is 30.9 Å². The third kappa shape index (κ3) is 3.93. The van der Waals surface area contributed by atoms with Crippen molar-refractivity contribution in [1.29, 1.82) is 0 Å². The van der Waals surface area contributed by atoms with Gasteiger partial charge in [0.25, 0.3) is 0 Å². The number of nitrogens with one attached hydrogen (secondary N) is 1. The average molecular weight is 361 g/mol. The zero-order chi connectivity index (χ0) is 17.8. The van der Waals surface area contributed by atoms with E-state index in [-0.39, 0.29) is 36.0 Å². The second-order valence-corrected chi connectivity index (χ2v) is 6.86. The number of carbonyl (C=O) groups excluding carboxylic acids is 3. The van der Waals surface area contributed by atoms with Crippen LogP contribution >= 0.6 is 11.6 Å². The summed E-state index contributed by atoms with van der Waals surface area (Å²) in [6.07, 6.45) is 5.97. The first-order chi connectivity index (χ1) is 12.1. The molecule has 0 bridgehead atoms. The van der Waals surface area contributed by atoms with Gasteiger partial charge in [0.15, 0.2) is 0 Å². The van der Waals surface area contributed by atoms with Crippen molar-refractivity contribution >= 4 is 29.3 Å². The zero-order valence-corrected chi connectivity index (χ0v) is 14.7. The lowest BCUT2D eigenvalue weighted by atomic mass is 9.85. The van der Waals surface area contributed by atoms with Crippen molar-refractivity contribution in [2.45, 2.75) is 32.2 Å². The normalized spacial score (nSPS) is 22.2. The summed E-state index contributed by atoms with van der Waals surface area (Å²) in [6, 6.07) is 7.35. The van der Waals surface area contributed by atoms with Crippen LogP contribution in [0.3, 0.4) is 0 Å². The number of likely N-dealkylation sites (tertiary alicyclic amines) is 1. The van der Waals surface area contributed by atoms with Gasteiger partial charge in [-0.3, -0.25) is 19.3 Å². The molecular formula is C19H21ClN2O3. The van der Waals surface area contributed by atoms with Crippen molar-refractivity contribution in [1.82, 2.24) is 10.2 Å². The van der Waals surface area contributed by atoms with E-state index in [0.717, 1.165) is 5.56 Å². The third-order valence-electron chi connectivity index (χ3n) is 4.82. The van der Waals surface area contributed by atoms with E-state index < -0.39 is 0 Å². The SMILES string of the molecule is O=C(CCCN1C(=O)[C@@H]2CC=CC[C@H]2C1=O)NCc1ccccc1Cl. The lowest BCUT2D eigenvalue weighted by Gasteiger charge is -2.14. The van der Waals surface area contributed by atoms with Gasteiger partial charge >= 0.3 is 0 Å². The molecule has 0 aromatic heterocycles. The largest absolute Gasteiger partial charge is 0.352 e. The summed E-state index contributed by atoms with van der Waals surface area (Å²) in [5, 5.41) is 3.43. The van der Waals surface area contributed by atoms with E-state index in [2.05, 4.69) is 5.32 Å². The van der Waals surface area contributed by atoms with Crippen molar-refractivity contribution in [3.8, 4) is 0 Å². The number of carbonyl (C=O) groups is 3. The molecule has 2 aliphatic rings. The maximum atomic E-state index is 12.3. The van der Waals surface area contributed by atoms with E-state index >= 15 is 0 Å². The van der Waals surface area contributed by atoms with Crippen molar-refractivity contribution < 1.29 is 14.4 Å². The van der Waals surface area contributed by atoms with Crippen LogP contribution in [0, 0.1) is 11.8 Å². The topological polar surface area (TPSA) is 66.5 Å². The highest BCUT2D eigenvalue weighted by atomic mass is 35.5. The fourth-order valence-electron chi connectivity index (χ4n) is 3.41. The molecule has 1 aliphatic heterocycles. The molecule has 1 saturated heterocycles. The van der Waals surface area contributed by atoms with Crippen molar-refractivity contribution in [2.75, 3.05) is 6.54 Å². The number of benzene rings is 1. The number of imide groups is 1. The number of amides is 3. The van der Waals surface area contributed by atoms with Crippen LogP contribution in [-0.4, -0.2) is 29.2 Å². The molecule has 6 heteroatoms. The maximum absolute atomic E-state index is 12.3. The molecule has 0 spiro atoms. The first-order valence-electron chi connectivity index (χ1n) is 8.58. The lowest BCUT2D eigenvalue weighted by Crippen LogP contribution is -2.33. The standard InChI is InChI=1S/C19H21ClN2O3/c20-16-9-4-1-6-13(16)12-21-17(23)10-5-11-22-18(24)14-7-2-3-8-15(14)19(22)25/h1-4,6,9,14-15H,5,7-8,10-12H2,(H,21,23)/t14-,15-/m1/s1. The van der Waals surface area contributed by atoms with Gasteiger partial charge in [0.2, 0.25) is 17.7 Å². The molecule has 132 valence electrons. The first-order valence-corrected chi connectivity index (χ1v) is 8.96. The number of rotatable bonds is 6. The average Bonchev–Trinajstić information content (AvgIpc) is 2.86. The van der Waals surface area contributed by atoms with Crippen LogP contribution in [0.1, 0.15) is 31.2 Å². The van der Waals surface area contributed by atoms with E-state index in [4.69, 9.17) is 11.6 Å². The maximum Gasteiger partial charge on any atom is 0.233 e. The monoisotopic (exact) mass is 360 g/mol. The summed E-state index contributed by atoms with van der Waals surface area (Å²) >= 11 is 6.05. The molecule has 0 unspecified atom stereocenters. The number of hydrogen-bond donors (Lipinski definition) is 1. The Bertz CT molecular complexity index is 690. The van der Waals surface area contributed by atoms with Gasteiger partial charge < -0.3 is 5.32 Å². The van der Waals surface area contributed by atoms with Crippen LogP contribution < -0.4 is 5.32 Å². The van der Waals surface area contributed by atoms with E-state index in [9.17, 15) is 14.4 Å². The van der Waals surface area contributed by atoms with Gasteiger partial charge in [-0.25, -0.2) is 0 Å². The molecule has 1 heterocycles. The van der Waals surface area contributed by atoms with Crippen molar-refractivity contribution in [3.05, 3.63) is 47.0 Å². The van der Waals surface area contributed by atoms with Gasteiger partial charge in [0.05, 0.1) is 11.8 Å². The predicted octanol–water partition coefficient (Wildman–Crippen LogP) is 2.69. The summed E-state index contributed by atoms with van der Waals surface area (Å²) in [7, 11) is 0. The Morgan fingerprint density at radius 2 is 1.76 bits per heavy atom. The van der Waals surface area contributed by atoms with Crippen LogP contribution in [0.2, 0.25) is 5.02 Å². The smallest absolute Gasteiger partial charge is 0.233 e. The van der Waals surface area contributed by atoms with Crippen molar-refractivity contribution in [2.24, 2.45) is 11.8 Å². The van der Waals surface area contributed by atoms with Gasteiger partial charge in [0, 0.05) is 24.5 Å². The molecule has 3 amide bonds. The second kappa shape index (κ2) is 7.83. The number of fused-ring (bicyclic) bond motifs is 1. The van der Waals surface area contributed by atoms with Gasteiger partial charge in [-0.1, -0.05) is 42.0 Å². The highest BCUT2D eigenvalue weighted by molar-refractivity contribution is 6.31. The van der Waals surface area contributed by atoms with E-state index in [1.54, 1.807) is 6.07 Å². The quantitative estimate of drug-likeness (QED) is 0.626. The number of nitrogens with zero attached hydrogens (tertiary/aromatic N) is 1. The summed E-state index contributed by atoms with van der Waals surface area (Å²) in [6.45, 7) is 0.681. The minimum absolute atomic E-state index is 0.0872. The predicted molar refractivity (Wildman–Crippen MR) is 94.6 cm³/mol. The molecule has 3 rings (SSSR count). The number of allylic oxidation sites excluding steroid dienone is 2. The number of hydrogen-bond acceptors (Lipinski definition) is 3. The molecule has 1 N–H and O–H groups in total. The molecule has 1 aliphatic carbocycles. The zero-order valence-electron chi connectivity index (χ0n) is 13.9. The Kier molecular flexibility index (Phi) is 5.53. The second-order valence-electron chi connectivity index (χ2n) is 6.46. The molecule has 5 nitrogen and oxygen atoms in total. The fourth-order valence-corrected chi connectivity index (χ4v) is 3.61. The first kappa shape index (κ1) is 17.7. The summed E-state index contributed by atoms with van der Waals surface area (Å²) in [5.41, 5.74) is 0.860. The van der Waals surface area contributed by atoms with Crippen LogP contribution in [0.5, 0.6) is 0 Å². The minimum atomic E-state index is -0.202. The highest BCUT2D eigenvalue weighted by Gasteiger charge is 2.46. The van der Waals surface area contributed by atoms with Crippen LogP contribution in [0.15, 0.2) is 36.4 Å². The molecule has 2 atom stereocenters. The molecule has 1 aromatic rings. The van der Waals surface area contributed by atoms with Gasteiger partial charge in [-0.2, -0.15) is 0 Å².